The molecule has 3 aliphatic rings. The molecular weight excluding hydrogens is 248 g/mol. The minimum atomic E-state index is 0.0365. The van der Waals surface area contributed by atoms with Crippen LogP contribution in [-0.2, 0) is 0 Å². The third kappa shape index (κ3) is 2.77. The van der Waals surface area contributed by atoms with E-state index in [9.17, 15) is 5.11 Å². The van der Waals surface area contributed by atoms with Crippen LogP contribution in [0.15, 0.2) is 0 Å². The Morgan fingerprint density at radius 1 is 1.30 bits per heavy atom. The summed E-state index contributed by atoms with van der Waals surface area (Å²) >= 11 is 0. The van der Waals surface area contributed by atoms with Crippen LogP contribution >= 0.6 is 0 Å². The number of likely N-dealkylation sites (tertiary alicyclic amines) is 1. The second-order valence-corrected chi connectivity index (χ2v) is 7.45. The average molecular weight is 280 g/mol. The summed E-state index contributed by atoms with van der Waals surface area (Å²) in [6.07, 6.45) is 10.6. The van der Waals surface area contributed by atoms with Gasteiger partial charge in [0, 0.05) is 18.1 Å². The molecule has 0 aromatic rings. The fourth-order valence-electron chi connectivity index (χ4n) is 5.06. The summed E-state index contributed by atoms with van der Waals surface area (Å²) in [6, 6.07) is 0.897. The van der Waals surface area contributed by atoms with Crippen molar-refractivity contribution >= 4 is 0 Å². The number of piperidine rings is 1. The fraction of sp³-hybridized carbons (Fsp3) is 1.00. The number of nitrogens with zero attached hydrogens (tertiary/aromatic N) is 1. The van der Waals surface area contributed by atoms with Crippen molar-refractivity contribution in [3.05, 3.63) is 0 Å². The van der Waals surface area contributed by atoms with E-state index in [2.05, 4.69) is 17.1 Å². The van der Waals surface area contributed by atoms with Crippen LogP contribution in [0.5, 0.6) is 0 Å². The van der Waals surface area contributed by atoms with Gasteiger partial charge in [0.25, 0.3) is 0 Å². The number of nitrogens with one attached hydrogen (secondary N) is 1. The molecule has 0 amide bonds. The number of hydrogen-bond donors (Lipinski definition) is 2. The summed E-state index contributed by atoms with van der Waals surface area (Å²) in [5.41, 5.74) is 0.0365. The molecule has 1 saturated heterocycles. The maximum absolute atomic E-state index is 9.93. The summed E-state index contributed by atoms with van der Waals surface area (Å²) in [5.74, 6) is 1.68. The van der Waals surface area contributed by atoms with E-state index < -0.39 is 0 Å². The Labute approximate surface area is 124 Å². The highest BCUT2D eigenvalue weighted by Gasteiger charge is 2.43. The van der Waals surface area contributed by atoms with Gasteiger partial charge in [-0.2, -0.15) is 0 Å². The maximum Gasteiger partial charge on any atom is 0.0616 e. The molecule has 2 bridgehead atoms. The minimum Gasteiger partial charge on any atom is -0.394 e. The van der Waals surface area contributed by atoms with Crippen molar-refractivity contribution < 1.29 is 5.11 Å². The highest BCUT2D eigenvalue weighted by Crippen LogP contribution is 2.41. The maximum atomic E-state index is 9.93. The monoisotopic (exact) mass is 280 g/mol. The summed E-state index contributed by atoms with van der Waals surface area (Å²) in [6.45, 7) is 6.20. The summed E-state index contributed by atoms with van der Waals surface area (Å²) in [4.78, 5) is 2.74. The van der Waals surface area contributed by atoms with Gasteiger partial charge in [-0.3, -0.25) is 0 Å². The normalized spacial score (nSPS) is 40.8. The van der Waals surface area contributed by atoms with Crippen LogP contribution in [0.25, 0.3) is 0 Å². The van der Waals surface area contributed by atoms with Gasteiger partial charge in [-0.25, -0.2) is 0 Å². The predicted octanol–water partition coefficient (Wildman–Crippen LogP) is 2.39. The van der Waals surface area contributed by atoms with Crippen molar-refractivity contribution in [3.63, 3.8) is 0 Å². The Morgan fingerprint density at radius 2 is 2.20 bits per heavy atom. The van der Waals surface area contributed by atoms with E-state index in [1.807, 2.05) is 0 Å². The Bertz CT molecular complexity index is 322. The number of hydrogen-bond acceptors (Lipinski definition) is 3. The molecular formula is C17H32N2O. The van der Waals surface area contributed by atoms with E-state index in [1.165, 1.54) is 58.0 Å². The summed E-state index contributed by atoms with van der Waals surface area (Å²) < 4.78 is 0. The van der Waals surface area contributed by atoms with Gasteiger partial charge in [0.05, 0.1) is 6.61 Å². The first kappa shape index (κ1) is 14.8. The van der Waals surface area contributed by atoms with Gasteiger partial charge in [0.2, 0.25) is 0 Å². The van der Waals surface area contributed by atoms with Crippen molar-refractivity contribution in [1.82, 2.24) is 10.2 Å². The molecule has 3 rings (SSSR count). The number of fused-ring (bicyclic) bond motifs is 2. The number of rotatable bonds is 7. The average Bonchev–Trinajstić information content (AvgIpc) is 3.18. The molecule has 20 heavy (non-hydrogen) atoms. The standard InChI is InChI=1S/C17H32N2O/c1-2-9-18-17(13-20)8-3-4-15(17)7-10-19-12-14-5-6-16(19)11-14/h14-16,18,20H,2-13H2,1H3. The number of aliphatic hydroxyl groups is 1. The smallest absolute Gasteiger partial charge is 0.0616 e. The Hall–Kier alpha value is -0.120. The third-order valence-electron chi connectivity index (χ3n) is 6.25. The Kier molecular flexibility index (Phi) is 4.68. The van der Waals surface area contributed by atoms with E-state index in [4.69, 9.17) is 0 Å². The second kappa shape index (κ2) is 6.33. The molecule has 1 heterocycles. The first-order valence-electron chi connectivity index (χ1n) is 8.87. The molecule has 116 valence electrons. The lowest BCUT2D eigenvalue weighted by molar-refractivity contribution is 0.106. The van der Waals surface area contributed by atoms with Gasteiger partial charge >= 0.3 is 0 Å². The number of aliphatic hydroxyl groups excluding tert-OH is 1. The van der Waals surface area contributed by atoms with Gasteiger partial charge in [-0.15, -0.1) is 0 Å². The zero-order chi connectivity index (χ0) is 14.0. The van der Waals surface area contributed by atoms with Crippen LogP contribution < -0.4 is 5.32 Å². The molecule has 3 nitrogen and oxygen atoms in total. The molecule has 2 aliphatic carbocycles. The first-order chi connectivity index (χ1) is 9.77. The van der Waals surface area contributed by atoms with E-state index in [0.717, 1.165) is 24.9 Å². The van der Waals surface area contributed by atoms with Crippen LogP contribution in [0.4, 0.5) is 0 Å². The van der Waals surface area contributed by atoms with Crippen molar-refractivity contribution in [1.29, 1.82) is 0 Å². The lowest BCUT2D eigenvalue weighted by Crippen LogP contribution is -2.52. The quantitative estimate of drug-likeness (QED) is 0.751. The second-order valence-electron chi connectivity index (χ2n) is 7.45. The largest absolute Gasteiger partial charge is 0.394 e. The highest BCUT2D eigenvalue weighted by atomic mass is 16.3. The van der Waals surface area contributed by atoms with Crippen LogP contribution in [0.3, 0.4) is 0 Å². The lowest BCUT2D eigenvalue weighted by atomic mass is 9.85. The van der Waals surface area contributed by atoms with Crippen molar-refractivity contribution in [2.45, 2.75) is 69.9 Å². The molecule has 0 spiro atoms. The molecule has 2 N–H and O–H groups in total. The third-order valence-corrected chi connectivity index (χ3v) is 6.25. The van der Waals surface area contributed by atoms with Crippen molar-refractivity contribution in [2.24, 2.45) is 11.8 Å². The van der Waals surface area contributed by atoms with Crippen LogP contribution in [0.1, 0.15) is 58.3 Å². The molecule has 2 saturated carbocycles. The first-order valence-corrected chi connectivity index (χ1v) is 8.87. The zero-order valence-electron chi connectivity index (χ0n) is 13.1. The van der Waals surface area contributed by atoms with E-state index in [1.54, 1.807) is 0 Å². The summed E-state index contributed by atoms with van der Waals surface area (Å²) in [5, 5.41) is 13.6. The SMILES string of the molecule is CCCNC1(CO)CCCC1CCN1CC2CCC1C2. The van der Waals surface area contributed by atoms with Gasteiger partial charge < -0.3 is 15.3 Å². The van der Waals surface area contributed by atoms with Crippen molar-refractivity contribution in [3.8, 4) is 0 Å². The molecule has 4 unspecified atom stereocenters. The van der Waals surface area contributed by atoms with E-state index in [0.29, 0.717) is 12.5 Å². The van der Waals surface area contributed by atoms with Crippen LogP contribution in [0, 0.1) is 11.8 Å². The van der Waals surface area contributed by atoms with Gasteiger partial charge in [-0.05, 0) is 69.9 Å². The zero-order valence-corrected chi connectivity index (χ0v) is 13.1. The Morgan fingerprint density at radius 3 is 2.85 bits per heavy atom. The van der Waals surface area contributed by atoms with Gasteiger partial charge in [-0.1, -0.05) is 13.3 Å². The molecule has 3 fully saturated rings. The predicted molar refractivity (Wildman–Crippen MR) is 82.8 cm³/mol. The molecule has 0 radical (unpaired) electrons. The highest BCUT2D eigenvalue weighted by molar-refractivity contribution is 5.00. The summed E-state index contributed by atoms with van der Waals surface area (Å²) in [7, 11) is 0. The molecule has 3 heteroatoms. The minimum absolute atomic E-state index is 0.0365. The van der Waals surface area contributed by atoms with Gasteiger partial charge in [0.1, 0.15) is 0 Å². The van der Waals surface area contributed by atoms with Crippen LogP contribution in [-0.4, -0.2) is 47.8 Å². The molecule has 4 atom stereocenters. The van der Waals surface area contributed by atoms with Crippen LogP contribution in [0.2, 0.25) is 0 Å². The fourth-order valence-corrected chi connectivity index (χ4v) is 5.06. The van der Waals surface area contributed by atoms with E-state index >= 15 is 0 Å². The lowest BCUT2D eigenvalue weighted by Gasteiger charge is -2.37. The van der Waals surface area contributed by atoms with Gasteiger partial charge in [0.15, 0.2) is 0 Å². The topological polar surface area (TPSA) is 35.5 Å². The van der Waals surface area contributed by atoms with E-state index in [-0.39, 0.29) is 5.54 Å². The molecule has 0 aromatic carbocycles. The Balaban J connectivity index is 1.52. The van der Waals surface area contributed by atoms with Crippen molar-refractivity contribution in [2.75, 3.05) is 26.2 Å². The molecule has 0 aromatic heterocycles. The molecule has 1 aliphatic heterocycles.